The lowest BCUT2D eigenvalue weighted by Crippen LogP contribution is -2.31. The topological polar surface area (TPSA) is 72.3 Å². The summed E-state index contributed by atoms with van der Waals surface area (Å²) in [7, 11) is 1.84. The molecule has 1 unspecified atom stereocenters. The summed E-state index contributed by atoms with van der Waals surface area (Å²) >= 11 is 0. The molecule has 4 heteroatoms. The zero-order valence-electron chi connectivity index (χ0n) is 7.49. The fraction of sp³-hybridized carbons (Fsp3) is 0.875. The lowest BCUT2D eigenvalue weighted by atomic mass is 10.0. The number of rotatable bonds is 3. The van der Waals surface area contributed by atoms with Crippen molar-refractivity contribution in [1.29, 1.82) is 0 Å². The highest BCUT2D eigenvalue weighted by Gasteiger charge is 2.28. The predicted octanol–water partition coefficient (Wildman–Crippen LogP) is -0.512. The Balaban J connectivity index is 2.30. The highest BCUT2D eigenvalue weighted by Crippen LogP contribution is 2.20. The summed E-state index contributed by atoms with van der Waals surface area (Å²) in [6.45, 7) is 0.878. The summed E-state index contributed by atoms with van der Waals surface area (Å²) in [5, 5.41) is 0. The predicted molar refractivity (Wildman–Crippen MR) is 47.1 cm³/mol. The number of nitrogens with two attached hydrogens (primary N) is 2. The van der Waals surface area contributed by atoms with E-state index in [2.05, 4.69) is 0 Å². The van der Waals surface area contributed by atoms with Crippen LogP contribution in [0.3, 0.4) is 0 Å². The van der Waals surface area contributed by atoms with Crippen LogP contribution in [0.2, 0.25) is 0 Å². The van der Waals surface area contributed by atoms with Gasteiger partial charge in [0.15, 0.2) is 0 Å². The first kappa shape index (κ1) is 9.48. The Labute approximate surface area is 72.9 Å². The van der Waals surface area contributed by atoms with Crippen molar-refractivity contribution in [3.63, 3.8) is 0 Å². The molecule has 1 amide bonds. The lowest BCUT2D eigenvalue weighted by Gasteiger charge is -2.11. The third-order valence-corrected chi connectivity index (χ3v) is 2.39. The molecule has 1 saturated heterocycles. The molecule has 0 saturated carbocycles. The monoisotopic (exact) mass is 171 g/mol. The summed E-state index contributed by atoms with van der Waals surface area (Å²) in [6.07, 6.45) is 2.26. The summed E-state index contributed by atoms with van der Waals surface area (Å²) < 4.78 is 0. The van der Waals surface area contributed by atoms with Crippen molar-refractivity contribution < 1.29 is 4.79 Å². The second-order valence-corrected chi connectivity index (χ2v) is 3.49. The molecule has 1 atom stereocenters. The zero-order chi connectivity index (χ0) is 9.14. The van der Waals surface area contributed by atoms with Crippen LogP contribution >= 0.6 is 0 Å². The van der Waals surface area contributed by atoms with Crippen molar-refractivity contribution in [2.75, 3.05) is 13.6 Å². The van der Waals surface area contributed by atoms with Crippen LogP contribution in [0.25, 0.3) is 0 Å². The van der Waals surface area contributed by atoms with Gasteiger partial charge in [-0.25, -0.2) is 0 Å². The number of hydrogen-bond donors (Lipinski definition) is 2. The quantitative estimate of drug-likeness (QED) is 0.562. The molecule has 1 heterocycles. The van der Waals surface area contributed by atoms with E-state index in [1.165, 1.54) is 0 Å². The van der Waals surface area contributed by atoms with Gasteiger partial charge in [0, 0.05) is 19.5 Å². The minimum absolute atomic E-state index is 0.171. The summed E-state index contributed by atoms with van der Waals surface area (Å²) in [4.78, 5) is 13.1. The van der Waals surface area contributed by atoms with E-state index in [4.69, 9.17) is 11.5 Å². The van der Waals surface area contributed by atoms with Crippen LogP contribution in [-0.4, -0.2) is 30.6 Å². The SMILES string of the molecule is CN1CCC(CCC(N)N)C1=O. The Morgan fingerprint density at radius 3 is 2.75 bits per heavy atom. The third kappa shape index (κ3) is 2.19. The van der Waals surface area contributed by atoms with Crippen LogP contribution < -0.4 is 11.5 Å². The van der Waals surface area contributed by atoms with Gasteiger partial charge in [-0.15, -0.1) is 0 Å². The molecule has 0 bridgehead atoms. The standard InChI is InChI=1S/C8H17N3O/c1-11-5-4-6(8(11)12)2-3-7(9)10/h6-7H,2-5,9-10H2,1H3. The van der Waals surface area contributed by atoms with Crippen LogP contribution in [0.4, 0.5) is 0 Å². The molecule has 0 aromatic heterocycles. The van der Waals surface area contributed by atoms with Gasteiger partial charge in [0.05, 0.1) is 6.17 Å². The Morgan fingerprint density at radius 1 is 1.67 bits per heavy atom. The molecule has 0 radical (unpaired) electrons. The van der Waals surface area contributed by atoms with E-state index in [9.17, 15) is 4.79 Å². The fourth-order valence-electron chi connectivity index (χ4n) is 1.56. The second kappa shape index (κ2) is 3.87. The Kier molecular flexibility index (Phi) is 3.05. The van der Waals surface area contributed by atoms with E-state index in [0.717, 1.165) is 25.8 Å². The van der Waals surface area contributed by atoms with Crippen LogP contribution in [-0.2, 0) is 4.79 Å². The van der Waals surface area contributed by atoms with Crippen LogP contribution in [0.1, 0.15) is 19.3 Å². The van der Waals surface area contributed by atoms with Gasteiger partial charge in [0.25, 0.3) is 0 Å². The lowest BCUT2D eigenvalue weighted by molar-refractivity contribution is -0.130. The Morgan fingerprint density at radius 2 is 2.33 bits per heavy atom. The Bertz CT molecular complexity index is 170. The van der Waals surface area contributed by atoms with Gasteiger partial charge < -0.3 is 16.4 Å². The molecule has 12 heavy (non-hydrogen) atoms. The average Bonchev–Trinajstić information content (AvgIpc) is 2.30. The largest absolute Gasteiger partial charge is 0.345 e. The summed E-state index contributed by atoms with van der Waals surface area (Å²) in [5.41, 5.74) is 10.8. The number of hydrogen-bond acceptors (Lipinski definition) is 3. The third-order valence-electron chi connectivity index (χ3n) is 2.39. The van der Waals surface area contributed by atoms with Crippen molar-refractivity contribution in [1.82, 2.24) is 4.90 Å². The molecule has 1 rings (SSSR count). The van der Waals surface area contributed by atoms with Gasteiger partial charge in [-0.2, -0.15) is 0 Å². The zero-order valence-corrected chi connectivity index (χ0v) is 7.49. The molecule has 1 fully saturated rings. The van der Waals surface area contributed by atoms with E-state index in [0.29, 0.717) is 0 Å². The van der Waals surface area contributed by atoms with Gasteiger partial charge in [0.1, 0.15) is 0 Å². The first-order chi connectivity index (χ1) is 5.61. The minimum Gasteiger partial charge on any atom is -0.345 e. The first-order valence-electron chi connectivity index (χ1n) is 4.37. The van der Waals surface area contributed by atoms with Gasteiger partial charge in [-0.05, 0) is 19.3 Å². The smallest absolute Gasteiger partial charge is 0.225 e. The molecule has 1 aliphatic rings. The minimum atomic E-state index is -0.274. The Hall–Kier alpha value is -0.610. The number of amides is 1. The van der Waals surface area contributed by atoms with E-state index < -0.39 is 0 Å². The van der Waals surface area contributed by atoms with E-state index in [1.54, 1.807) is 4.90 Å². The molecular formula is C8H17N3O. The summed E-state index contributed by atoms with van der Waals surface area (Å²) in [5.74, 6) is 0.417. The number of carbonyl (C=O) groups excluding carboxylic acids is 1. The van der Waals surface area contributed by atoms with Crippen molar-refractivity contribution >= 4 is 5.91 Å². The van der Waals surface area contributed by atoms with Gasteiger partial charge in [-0.1, -0.05) is 0 Å². The molecular weight excluding hydrogens is 154 g/mol. The first-order valence-corrected chi connectivity index (χ1v) is 4.37. The number of carbonyl (C=O) groups is 1. The highest BCUT2D eigenvalue weighted by molar-refractivity contribution is 5.80. The van der Waals surface area contributed by atoms with Gasteiger partial charge in [-0.3, -0.25) is 4.79 Å². The van der Waals surface area contributed by atoms with Crippen molar-refractivity contribution in [3.8, 4) is 0 Å². The van der Waals surface area contributed by atoms with E-state index >= 15 is 0 Å². The van der Waals surface area contributed by atoms with Crippen molar-refractivity contribution in [2.45, 2.75) is 25.4 Å². The normalized spacial score (nSPS) is 24.2. The maximum atomic E-state index is 11.4. The number of likely N-dealkylation sites (tertiary alicyclic amines) is 1. The van der Waals surface area contributed by atoms with Crippen molar-refractivity contribution in [2.24, 2.45) is 17.4 Å². The highest BCUT2D eigenvalue weighted by atomic mass is 16.2. The molecule has 0 aliphatic carbocycles. The van der Waals surface area contributed by atoms with Gasteiger partial charge >= 0.3 is 0 Å². The molecule has 1 aliphatic heterocycles. The molecule has 0 aromatic carbocycles. The molecule has 70 valence electrons. The van der Waals surface area contributed by atoms with Gasteiger partial charge in [0.2, 0.25) is 5.91 Å². The van der Waals surface area contributed by atoms with Crippen LogP contribution in [0.5, 0.6) is 0 Å². The molecule has 0 spiro atoms. The summed E-state index contributed by atoms with van der Waals surface area (Å²) in [6, 6.07) is 0. The maximum absolute atomic E-state index is 11.4. The van der Waals surface area contributed by atoms with Crippen LogP contribution in [0, 0.1) is 5.92 Å². The van der Waals surface area contributed by atoms with Crippen molar-refractivity contribution in [3.05, 3.63) is 0 Å². The van der Waals surface area contributed by atoms with Crippen LogP contribution in [0.15, 0.2) is 0 Å². The maximum Gasteiger partial charge on any atom is 0.225 e. The van der Waals surface area contributed by atoms with E-state index in [-0.39, 0.29) is 18.0 Å². The second-order valence-electron chi connectivity index (χ2n) is 3.49. The molecule has 0 aromatic rings. The fourth-order valence-corrected chi connectivity index (χ4v) is 1.56. The molecule has 4 nitrogen and oxygen atoms in total. The average molecular weight is 171 g/mol. The number of nitrogens with zero attached hydrogens (tertiary/aromatic N) is 1. The molecule has 4 N–H and O–H groups in total. The van der Waals surface area contributed by atoms with E-state index in [1.807, 2.05) is 7.05 Å².